The van der Waals surface area contributed by atoms with Crippen LogP contribution in [0.2, 0.25) is 0 Å². The minimum atomic E-state index is -0.354. The van der Waals surface area contributed by atoms with E-state index in [0.717, 1.165) is 19.6 Å². The first-order valence-corrected chi connectivity index (χ1v) is 9.72. The third-order valence-corrected chi connectivity index (χ3v) is 5.06. The fourth-order valence-electron chi connectivity index (χ4n) is 3.28. The molecule has 1 saturated heterocycles. The first-order chi connectivity index (χ1) is 14.5. The lowest BCUT2D eigenvalue weighted by Gasteiger charge is -2.33. The molecule has 10 heteroatoms. The molecule has 0 bridgehead atoms. The molecule has 1 aliphatic rings. The topological polar surface area (TPSA) is 97.4 Å². The van der Waals surface area contributed by atoms with Crippen molar-refractivity contribution in [3.05, 3.63) is 64.3 Å². The van der Waals surface area contributed by atoms with E-state index in [9.17, 15) is 14.0 Å². The van der Waals surface area contributed by atoms with Crippen LogP contribution in [0.1, 0.15) is 23.4 Å². The van der Waals surface area contributed by atoms with E-state index in [1.165, 1.54) is 22.9 Å². The molecule has 9 nitrogen and oxygen atoms in total. The second kappa shape index (κ2) is 8.54. The van der Waals surface area contributed by atoms with Crippen LogP contribution in [0, 0.1) is 5.82 Å². The van der Waals surface area contributed by atoms with Crippen molar-refractivity contribution in [2.24, 2.45) is 0 Å². The number of hydrogen-bond donors (Lipinski definition) is 0. The van der Waals surface area contributed by atoms with Gasteiger partial charge in [0.1, 0.15) is 12.4 Å². The Morgan fingerprint density at radius 3 is 2.53 bits per heavy atom. The zero-order valence-electron chi connectivity index (χ0n) is 16.5. The van der Waals surface area contributed by atoms with Gasteiger partial charge in [0.2, 0.25) is 0 Å². The highest BCUT2D eigenvalue weighted by Gasteiger charge is 2.25. The maximum atomic E-state index is 13.1. The van der Waals surface area contributed by atoms with E-state index in [4.69, 9.17) is 4.52 Å². The highest BCUT2D eigenvalue weighted by atomic mass is 19.1. The summed E-state index contributed by atoms with van der Waals surface area (Å²) in [6.45, 7) is 5.80. The average molecular weight is 412 g/mol. The first kappa shape index (κ1) is 19.9. The molecule has 0 saturated carbocycles. The summed E-state index contributed by atoms with van der Waals surface area (Å²) in [6.07, 6.45) is 0. The Morgan fingerprint density at radius 2 is 1.83 bits per heavy atom. The Labute approximate surface area is 171 Å². The van der Waals surface area contributed by atoms with Crippen molar-refractivity contribution in [1.29, 1.82) is 0 Å². The number of halogens is 1. The van der Waals surface area contributed by atoms with E-state index in [1.807, 2.05) is 0 Å². The van der Waals surface area contributed by atoms with Crippen molar-refractivity contribution in [3.8, 4) is 11.3 Å². The van der Waals surface area contributed by atoms with Crippen LogP contribution in [0.4, 0.5) is 4.39 Å². The molecule has 0 atom stereocenters. The van der Waals surface area contributed by atoms with Crippen LogP contribution in [0.15, 0.2) is 45.7 Å². The lowest BCUT2D eigenvalue weighted by molar-refractivity contribution is 0.0595. The van der Waals surface area contributed by atoms with Crippen LogP contribution < -0.4 is 5.56 Å². The first-order valence-electron chi connectivity index (χ1n) is 9.72. The SMILES string of the molecule is CCN1CCN(C(=O)c2nc(Cn3nc(-c4ccc(F)cc4)ccc3=O)no2)CC1. The van der Waals surface area contributed by atoms with Gasteiger partial charge >= 0.3 is 11.8 Å². The van der Waals surface area contributed by atoms with Gasteiger partial charge in [-0.1, -0.05) is 12.1 Å². The lowest BCUT2D eigenvalue weighted by atomic mass is 10.1. The van der Waals surface area contributed by atoms with E-state index in [-0.39, 0.29) is 35.5 Å². The number of carbonyl (C=O) groups excluding carboxylic acids is 1. The molecule has 2 aromatic heterocycles. The highest BCUT2D eigenvalue weighted by Crippen LogP contribution is 2.16. The van der Waals surface area contributed by atoms with Gasteiger partial charge in [0.05, 0.1) is 5.69 Å². The maximum absolute atomic E-state index is 13.1. The third kappa shape index (κ3) is 4.28. The molecule has 0 unspecified atom stereocenters. The van der Waals surface area contributed by atoms with E-state index in [2.05, 4.69) is 27.1 Å². The van der Waals surface area contributed by atoms with Crippen LogP contribution in [-0.4, -0.2) is 68.4 Å². The normalized spacial score (nSPS) is 14.8. The Hall–Kier alpha value is -3.40. The summed E-state index contributed by atoms with van der Waals surface area (Å²) in [5, 5.41) is 8.11. The maximum Gasteiger partial charge on any atom is 0.316 e. The second-order valence-corrected chi connectivity index (χ2v) is 6.96. The van der Waals surface area contributed by atoms with E-state index >= 15 is 0 Å². The largest absolute Gasteiger partial charge is 0.332 e. The fourth-order valence-corrected chi connectivity index (χ4v) is 3.28. The summed E-state index contributed by atoms with van der Waals surface area (Å²) in [6, 6.07) is 8.73. The number of rotatable bonds is 5. The standard InChI is InChI=1S/C20H21FN6O3/c1-2-25-9-11-26(12-10-25)20(29)19-22-17(24-30-19)13-27-18(28)8-7-16(23-27)14-3-5-15(21)6-4-14/h3-8H,2,9-13H2,1H3. The zero-order valence-corrected chi connectivity index (χ0v) is 16.5. The van der Waals surface area contributed by atoms with Gasteiger partial charge in [-0.25, -0.2) is 9.07 Å². The number of nitrogens with zero attached hydrogens (tertiary/aromatic N) is 6. The van der Waals surface area contributed by atoms with Crippen LogP contribution >= 0.6 is 0 Å². The van der Waals surface area contributed by atoms with Gasteiger partial charge in [0.15, 0.2) is 5.82 Å². The quantitative estimate of drug-likeness (QED) is 0.622. The van der Waals surface area contributed by atoms with Crippen LogP contribution in [0.3, 0.4) is 0 Å². The molecule has 3 heterocycles. The number of likely N-dealkylation sites (N-methyl/N-ethyl adjacent to an activating group) is 1. The van der Waals surface area contributed by atoms with Crippen LogP contribution in [0.25, 0.3) is 11.3 Å². The molecule has 0 N–H and O–H groups in total. The number of carbonyl (C=O) groups is 1. The van der Waals surface area contributed by atoms with Gasteiger partial charge in [-0.3, -0.25) is 9.59 Å². The van der Waals surface area contributed by atoms with Crippen molar-refractivity contribution in [3.63, 3.8) is 0 Å². The average Bonchev–Trinajstić information content (AvgIpc) is 3.24. The minimum Gasteiger partial charge on any atom is -0.332 e. The molecule has 3 aromatic rings. The van der Waals surface area contributed by atoms with Crippen molar-refractivity contribution in [2.45, 2.75) is 13.5 Å². The summed E-state index contributed by atoms with van der Waals surface area (Å²) in [5.74, 6) is -0.592. The molecule has 156 valence electrons. The number of piperazine rings is 1. The molecular weight excluding hydrogens is 391 g/mol. The van der Waals surface area contributed by atoms with Gasteiger partial charge < -0.3 is 14.3 Å². The van der Waals surface area contributed by atoms with Gasteiger partial charge in [-0.2, -0.15) is 10.1 Å². The summed E-state index contributed by atoms with van der Waals surface area (Å²) in [7, 11) is 0. The summed E-state index contributed by atoms with van der Waals surface area (Å²) < 4.78 is 19.4. The summed E-state index contributed by atoms with van der Waals surface area (Å²) in [4.78, 5) is 32.9. The summed E-state index contributed by atoms with van der Waals surface area (Å²) >= 11 is 0. The van der Waals surface area contributed by atoms with Crippen LogP contribution in [0.5, 0.6) is 0 Å². The van der Waals surface area contributed by atoms with Gasteiger partial charge in [0.25, 0.3) is 5.56 Å². The fraction of sp³-hybridized carbons (Fsp3) is 0.350. The Kier molecular flexibility index (Phi) is 5.66. The van der Waals surface area contributed by atoms with E-state index < -0.39 is 0 Å². The van der Waals surface area contributed by atoms with Crippen LogP contribution in [-0.2, 0) is 6.54 Å². The Morgan fingerprint density at radius 1 is 1.10 bits per heavy atom. The van der Waals surface area contributed by atoms with Crippen molar-refractivity contribution in [1.82, 2.24) is 29.7 Å². The van der Waals surface area contributed by atoms with Gasteiger partial charge in [-0.15, -0.1) is 0 Å². The number of amides is 1. The monoisotopic (exact) mass is 412 g/mol. The third-order valence-electron chi connectivity index (χ3n) is 5.06. The van der Waals surface area contributed by atoms with Gasteiger partial charge in [-0.05, 0) is 36.9 Å². The molecule has 30 heavy (non-hydrogen) atoms. The van der Waals surface area contributed by atoms with Crippen molar-refractivity contribution < 1.29 is 13.7 Å². The predicted octanol–water partition coefficient (Wildman–Crippen LogP) is 1.26. The molecule has 0 radical (unpaired) electrons. The number of hydrogen-bond acceptors (Lipinski definition) is 7. The molecular formula is C20H21FN6O3. The number of aromatic nitrogens is 4. The second-order valence-electron chi connectivity index (χ2n) is 6.96. The number of benzene rings is 1. The van der Waals surface area contributed by atoms with Crippen molar-refractivity contribution >= 4 is 5.91 Å². The minimum absolute atomic E-state index is 0.0474. The Bertz CT molecular complexity index is 1090. The molecule has 0 aliphatic carbocycles. The molecule has 1 amide bonds. The van der Waals surface area contributed by atoms with E-state index in [1.54, 1.807) is 23.1 Å². The molecule has 0 spiro atoms. The Balaban J connectivity index is 1.48. The highest BCUT2D eigenvalue weighted by molar-refractivity contribution is 5.89. The molecule has 4 rings (SSSR count). The molecule has 1 aliphatic heterocycles. The van der Waals surface area contributed by atoms with Crippen molar-refractivity contribution in [2.75, 3.05) is 32.7 Å². The summed E-state index contributed by atoms with van der Waals surface area (Å²) in [5.41, 5.74) is 0.817. The lowest BCUT2D eigenvalue weighted by Crippen LogP contribution is -2.48. The molecule has 1 aromatic carbocycles. The van der Waals surface area contributed by atoms with E-state index in [0.29, 0.717) is 24.3 Å². The smallest absolute Gasteiger partial charge is 0.316 e. The predicted molar refractivity (Wildman–Crippen MR) is 105 cm³/mol. The van der Waals surface area contributed by atoms with Gasteiger partial charge in [0, 0.05) is 37.8 Å². The zero-order chi connectivity index (χ0) is 21.1. The molecule has 1 fully saturated rings.